The summed E-state index contributed by atoms with van der Waals surface area (Å²) >= 11 is 0. The quantitative estimate of drug-likeness (QED) is 0.568. The maximum absolute atomic E-state index is 12.2. The van der Waals surface area contributed by atoms with Crippen LogP contribution in [0.1, 0.15) is 10.4 Å². The summed E-state index contributed by atoms with van der Waals surface area (Å²) in [4.78, 5) is 29.1. The molecule has 0 spiro atoms. The van der Waals surface area contributed by atoms with Gasteiger partial charge >= 0.3 is 5.69 Å². The normalized spacial score (nSPS) is 10.4. The van der Waals surface area contributed by atoms with Crippen LogP contribution in [0.5, 0.6) is 0 Å². The van der Waals surface area contributed by atoms with E-state index in [2.05, 4.69) is 25.7 Å². The highest BCUT2D eigenvalue weighted by atomic mass is 16.2. The van der Waals surface area contributed by atoms with E-state index in [9.17, 15) is 9.59 Å². The molecule has 0 radical (unpaired) electrons. The van der Waals surface area contributed by atoms with E-state index in [1.807, 2.05) is 19.3 Å². The summed E-state index contributed by atoms with van der Waals surface area (Å²) in [5.74, 6) is 0.401. The summed E-state index contributed by atoms with van der Waals surface area (Å²) in [7, 11) is 1.83. The van der Waals surface area contributed by atoms with Crippen molar-refractivity contribution in [1.82, 2.24) is 19.7 Å². The Bertz CT molecular complexity index is 927. The van der Waals surface area contributed by atoms with E-state index < -0.39 is 5.69 Å². The van der Waals surface area contributed by atoms with Crippen LogP contribution < -0.4 is 22.1 Å². The molecule has 0 atom stereocenters. The van der Waals surface area contributed by atoms with Crippen molar-refractivity contribution >= 4 is 28.9 Å². The molecule has 1 amide bonds. The Morgan fingerprint density at radius 1 is 1.25 bits per heavy atom. The number of nitrogens with one attached hydrogen (secondary N) is 3. The van der Waals surface area contributed by atoms with Crippen molar-refractivity contribution in [1.29, 1.82) is 0 Å². The van der Waals surface area contributed by atoms with Gasteiger partial charge in [-0.25, -0.2) is 4.79 Å². The van der Waals surface area contributed by atoms with Crippen LogP contribution in [-0.2, 0) is 7.05 Å². The van der Waals surface area contributed by atoms with Crippen LogP contribution in [0.15, 0.2) is 47.5 Å². The predicted octanol–water partition coefficient (Wildman–Crippen LogP) is 1.08. The molecular weight excluding hydrogens is 310 g/mol. The molecule has 5 N–H and O–H groups in total. The van der Waals surface area contributed by atoms with E-state index in [1.165, 1.54) is 6.20 Å². The smallest absolute Gasteiger partial charge is 0.346 e. The van der Waals surface area contributed by atoms with E-state index in [0.29, 0.717) is 11.4 Å². The first-order chi connectivity index (χ1) is 11.5. The van der Waals surface area contributed by atoms with Gasteiger partial charge in [0.1, 0.15) is 11.5 Å². The standard InChI is InChI=1S/C15H15N7O2/c1-22-7-6-12(21-22)18-10-4-2-9(3-5-10)14(23)19-11-8-17-15(24)20-13(11)16/h2-8H,1H3,(H,18,21)(H,19,23)(H3,16,17,20,24). The number of aromatic nitrogens is 4. The Morgan fingerprint density at radius 2 is 2.00 bits per heavy atom. The lowest BCUT2D eigenvalue weighted by atomic mass is 10.2. The van der Waals surface area contributed by atoms with Crippen molar-refractivity contribution in [2.45, 2.75) is 0 Å². The average molecular weight is 325 g/mol. The Hall–Kier alpha value is -3.62. The first kappa shape index (κ1) is 15.3. The number of anilines is 4. The summed E-state index contributed by atoms with van der Waals surface area (Å²) in [5, 5.41) is 9.93. The Balaban J connectivity index is 1.70. The number of hydrogen-bond donors (Lipinski definition) is 4. The van der Waals surface area contributed by atoms with Crippen LogP contribution in [0.4, 0.5) is 23.0 Å². The zero-order chi connectivity index (χ0) is 17.1. The van der Waals surface area contributed by atoms with Crippen LogP contribution >= 0.6 is 0 Å². The third-order valence-electron chi connectivity index (χ3n) is 3.22. The second-order valence-electron chi connectivity index (χ2n) is 5.05. The third kappa shape index (κ3) is 3.40. The maximum Gasteiger partial charge on any atom is 0.346 e. The van der Waals surface area contributed by atoms with Gasteiger partial charge < -0.3 is 16.4 Å². The number of amides is 1. The molecular formula is C15H15N7O2. The predicted molar refractivity (Wildman–Crippen MR) is 90.2 cm³/mol. The second-order valence-corrected chi connectivity index (χ2v) is 5.05. The molecule has 0 bridgehead atoms. The lowest BCUT2D eigenvalue weighted by molar-refractivity contribution is 0.102. The number of benzene rings is 1. The van der Waals surface area contributed by atoms with Gasteiger partial charge in [0.05, 0.1) is 6.20 Å². The zero-order valence-corrected chi connectivity index (χ0v) is 12.8. The van der Waals surface area contributed by atoms with E-state index in [-0.39, 0.29) is 17.4 Å². The first-order valence-electron chi connectivity index (χ1n) is 7.04. The van der Waals surface area contributed by atoms with Gasteiger partial charge in [-0.2, -0.15) is 10.1 Å². The summed E-state index contributed by atoms with van der Waals surface area (Å²) < 4.78 is 1.69. The third-order valence-corrected chi connectivity index (χ3v) is 3.22. The number of carbonyl (C=O) groups excluding carboxylic acids is 1. The number of hydrogen-bond acceptors (Lipinski definition) is 6. The molecule has 1 aromatic carbocycles. The molecule has 9 nitrogen and oxygen atoms in total. The molecule has 0 aliphatic carbocycles. The molecule has 3 aromatic rings. The Kier molecular flexibility index (Phi) is 3.98. The van der Waals surface area contributed by atoms with Crippen molar-refractivity contribution in [2.24, 2.45) is 7.05 Å². The maximum atomic E-state index is 12.2. The van der Waals surface area contributed by atoms with Gasteiger partial charge in [0, 0.05) is 30.6 Å². The van der Waals surface area contributed by atoms with Crippen molar-refractivity contribution in [3.05, 3.63) is 58.8 Å². The van der Waals surface area contributed by atoms with Crippen molar-refractivity contribution in [3.8, 4) is 0 Å². The molecule has 24 heavy (non-hydrogen) atoms. The van der Waals surface area contributed by atoms with Crippen LogP contribution in [0.2, 0.25) is 0 Å². The fraction of sp³-hybridized carbons (Fsp3) is 0.0667. The number of nitrogens with two attached hydrogens (primary N) is 1. The summed E-state index contributed by atoms with van der Waals surface area (Å²) in [6.45, 7) is 0. The lowest BCUT2D eigenvalue weighted by Crippen LogP contribution is -2.18. The van der Waals surface area contributed by atoms with E-state index in [4.69, 9.17) is 5.73 Å². The molecule has 9 heteroatoms. The second kappa shape index (κ2) is 6.24. The first-order valence-corrected chi connectivity index (χ1v) is 7.04. The fourth-order valence-electron chi connectivity index (χ4n) is 2.04. The van der Waals surface area contributed by atoms with Gasteiger partial charge in [0.2, 0.25) is 0 Å². The van der Waals surface area contributed by atoms with Crippen molar-refractivity contribution in [2.75, 3.05) is 16.4 Å². The molecule has 2 aromatic heterocycles. The van der Waals surface area contributed by atoms with Crippen LogP contribution in [0, 0.1) is 0 Å². The monoisotopic (exact) mass is 325 g/mol. The van der Waals surface area contributed by atoms with Crippen LogP contribution in [0.25, 0.3) is 0 Å². The molecule has 0 aliphatic rings. The van der Waals surface area contributed by atoms with Crippen LogP contribution in [0.3, 0.4) is 0 Å². The fourth-order valence-corrected chi connectivity index (χ4v) is 2.04. The number of aryl methyl sites for hydroxylation is 1. The topological polar surface area (TPSA) is 131 Å². The molecule has 0 unspecified atom stereocenters. The highest BCUT2D eigenvalue weighted by Gasteiger charge is 2.09. The summed E-state index contributed by atoms with van der Waals surface area (Å²) in [6, 6.07) is 8.69. The van der Waals surface area contributed by atoms with Gasteiger partial charge in [-0.3, -0.25) is 14.5 Å². The number of nitrogen functional groups attached to an aromatic ring is 1. The van der Waals surface area contributed by atoms with Gasteiger partial charge in [-0.05, 0) is 24.3 Å². The van der Waals surface area contributed by atoms with E-state index in [0.717, 1.165) is 5.69 Å². The SMILES string of the molecule is Cn1ccc(Nc2ccc(C(=O)Nc3cnc(=O)[nH]c3N)cc2)n1. The van der Waals surface area contributed by atoms with Gasteiger partial charge in [-0.15, -0.1) is 0 Å². The lowest BCUT2D eigenvalue weighted by Gasteiger charge is -2.08. The minimum absolute atomic E-state index is 0.0526. The number of rotatable bonds is 4. The molecule has 0 saturated heterocycles. The highest BCUT2D eigenvalue weighted by molar-refractivity contribution is 6.05. The minimum atomic E-state index is -0.574. The number of nitrogens with zero attached hydrogens (tertiary/aromatic N) is 3. The highest BCUT2D eigenvalue weighted by Crippen LogP contribution is 2.17. The minimum Gasteiger partial charge on any atom is -0.383 e. The van der Waals surface area contributed by atoms with E-state index >= 15 is 0 Å². The molecule has 2 heterocycles. The number of carbonyl (C=O) groups is 1. The largest absolute Gasteiger partial charge is 0.383 e. The Labute approximate surface area is 136 Å². The number of H-pyrrole nitrogens is 1. The van der Waals surface area contributed by atoms with Gasteiger partial charge in [-0.1, -0.05) is 0 Å². The summed E-state index contributed by atoms with van der Waals surface area (Å²) in [6.07, 6.45) is 3.04. The molecule has 3 rings (SSSR count). The summed E-state index contributed by atoms with van der Waals surface area (Å²) in [5.41, 5.74) is 6.54. The Morgan fingerprint density at radius 3 is 2.62 bits per heavy atom. The molecule has 0 saturated carbocycles. The molecule has 0 fully saturated rings. The molecule has 122 valence electrons. The molecule has 0 aliphatic heterocycles. The van der Waals surface area contributed by atoms with Gasteiger partial charge in [0.15, 0.2) is 5.82 Å². The van der Waals surface area contributed by atoms with Gasteiger partial charge in [0.25, 0.3) is 5.91 Å². The zero-order valence-electron chi connectivity index (χ0n) is 12.8. The average Bonchev–Trinajstić information content (AvgIpc) is 2.96. The van der Waals surface area contributed by atoms with Crippen LogP contribution in [-0.4, -0.2) is 25.7 Å². The van der Waals surface area contributed by atoms with E-state index in [1.54, 1.807) is 28.9 Å². The number of aromatic amines is 1. The van der Waals surface area contributed by atoms with Crippen molar-refractivity contribution in [3.63, 3.8) is 0 Å². The van der Waals surface area contributed by atoms with Crippen molar-refractivity contribution < 1.29 is 4.79 Å².